The van der Waals surface area contributed by atoms with Gasteiger partial charge in [0.15, 0.2) is 15.6 Å². The fraction of sp³-hybridized carbons (Fsp3) is 0.368. The van der Waals surface area contributed by atoms with Crippen molar-refractivity contribution in [2.24, 2.45) is 5.92 Å². The lowest BCUT2D eigenvalue weighted by Crippen LogP contribution is -2.50. The molecule has 1 atom stereocenters. The van der Waals surface area contributed by atoms with Crippen molar-refractivity contribution < 1.29 is 27.3 Å². The van der Waals surface area contributed by atoms with E-state index in [9.17, 15) is 28.1 Å². The number of sulfone groups is 1. The molecule has 0 aliphatic rings. The van der Waals surface area contributed by atoms with Crippen LogP contribution in [0.25, 0.3) is 0 Å². The number of hydrogen-bond donors (Lipinski definition) is 3. The van der Waals surface area contributed by atoms with Gasteiger partial charge in [0.25, 0.3) is 11.6 Å². The summed E-state index contributed by atoms with van der Waals surface area (Å²) in [6.07, 6.45) is 2.32. The van der Waals surface area contributed by atoms with Crippen LogP contribution in [0.2, 0.25) is 0 Å². The second kappa shape index (κ2) is 10.1. The highest BCUT2D eigenvalue weighted by molar-refractivity contribution is 7.90. The molecule has 0 unspecified atom stereocenters. The normalized spacial score (nSPS) is 12.3. The molecule has 0 spiro atoms. The molecule has 1 aromatic heterocycles. The third-order valence-electron chi connectivity index (χ3n) is 4.31. The van der Waals surface area contributed by atoms with Crippen molar-refractivity contribution in [1.29, 1.82) is 0 Å². The Balaban J connectivity index is 1.95. The van der Waals surface area contributed by atoms with Crippen LogP contribution in [-0.4, -0.2) is 50.5 Å². The number of rotatable bonds is 10. The van der Waals surface area contributed by atoms with Gasteiger partial charge in [-0.05, 0) is 30.2 Å². The summed E-state index contributed by atoms with van der Waals surface area (Å²) in [6, 6.07) is 5.79. The first kappa shape index (κ1) is 23.9. The van der Waals surface area contributed by atoms with Gasteiger partial charge >= 0.3 is 0 Å². The van der Waals surface area contributed by atoms with Crippen LogP contribution < -0.4 is 16.0 Å². The molecular formula is C19H24N4O7S. The van der Waals surface area contributed by atoms with Gasteiger partial charge in [0.2, 0.25) is 5.91 Å². The Morgan fingerprint density at radius 1 is 1.19 bits per heavy atom. The Bertz CT molecular complexity index is 1050. The first-order chi connectivity index (χ1) is 14.5. The Morgan fingerprint density at radius 2 is 1.90 bits per heavy atom. The number of nitro groups is 1. The maximum atomic E-state index is 12.5. The Kier molecular flexibility index (Phi) is 7.75. The van der Waals surface area contributed by atoms with Crippen LogP contribution in [0.3, 0.4) is 0 Å². The van der Waals surface area contributed by atoms with Crippen molar-refractivity contribution in [3.05, 3.63) is 52.5 Å². The highest BCUT2D eigenvalue weighted by atomic mass is 32.2. The highest BCUT2D eigenvalue weighted by Crippen LogP contribution is 2.27. The molecule has 11 nitrogen and oxygen atoms in total. The van der Waals surface area contributed by atoms with Gasteiger partial charge in [-0.25, -0.2) is 8.42 Å². The molecular weight excluding hydrogens is 428 g/mol. The van der Waals surface area contributed by atoms with E-state index in [4.69, 9.17) is 4.42 Å². The quantitative estimate of drug-likeness (QED) is 0.278. The smallest absolute Gasteiger partial charge is 0.293 e. The number of amides is 2. The lowest BCUT2D eigenvalue weighted by molar-refractivity contribution is -0.384. The van der Waals surface area contributed by atoms with Crippen LogP contribution in [0.4, 0.5) is 11.4 Å². The number of nitro benzene ring substituents is 1. The molecule has 0 saturated carbocycles. The summed E-state index contributed by atoms with van der Waals surface area (Å²) in [4.78, 5) is 35.0. The SMILES string of the molecule is CC(C)[C@H](NC(=O)c1ccco1)C(=O)NCCNc1ccc(S(C)(=O)=O)cc1[N+](=O)[O-]. The van der Waals surface area contributed by atoms with Crippen molar-refractivity contribution >= 4 is 33.0 Å². The van der Waals surface area contributed by atoms with Crippen molar-refractivity contribution in [3.63, 3.8) is 0 Å². The fourth-order valence-corrected chi connectivity index (χ4v) is 3.33. The summed E-state index contributed by atoms with van der Waals surface area (Å²) in [7, 11) is -3.59. The van der Waals surface area contributed by atoms with E-state index < -0.39 is 32.6 Å². The Labute approximate surface area is 179 Å². The number of nitrogens with one attached hydrogen (secondary N) is 3. The van der Waals surface area contributed by atoms with E-state index >= 15 is 0 Å². The molecule has 31 heavy (non-hydrogen) atoms. The number of benzene rings is 1. The fourth-order valence-electron chi connectivity index (χ4n) is 2.69. The summed E-state index contributed by atoms with van der Waals surface area (Å²) < 4.78 is 28.2. The average Bonchev–Trinajstić information content (AvgIpc) is 3.22. The van der Waals surface area contributed by atoms with Crippen molar-refractivity contribution in [2.75, 3.05) is 24.7 Å². The Hall–Kier alpha value is -3.41. The third-order valence-corrected chi connectivity index (χ3v) is 5.42. The molecule has 0 bridgehead atoms. The highest BCUT2D eigenvalue weighted by Gasteiger charge is 2.25. The molecule has 1 heterocycles. The molecule has 3 N–H and O–H groups in total. The largest absolute Gasteiger partial charge is 0.459 e. The van der Waals surface area contributed by atoms with Crippen LogP contribution in [0, 0.1) is 16.0 Å². The van der Waals surface area contributed by atoms with Gasteiger partial charge in [-0.3, -0.25) is 19.7 Å². The third kappa shape index (κ3) is 6.54. The predicted molar refractivity (Wildman–Crippen MR) is 113 cm³/mol. The van der Waals surface area contributed by atoms with E-state index in [1.165, 1.54) is 24.5 Å². The molecule has 0 aliphatic heterocycles. The number of hydrogen-bond acceptors (Lipinski definition) is 8. The number of furan rings is 1. The van der Waals surface area contributed by atoms with Crippen LogP contribution in [0.15, 0.2) is 45.9 Å². The molecule has 168 valence electrons. The zero-order valence-electron chi connectivity index (χ0n) is 17.2. The van der Waals surface area contributed by atoms with Gasteiger partial charge in [0.1, 0.15) is 11.7 Å². The van der Waals surface area contributed by atoms with Crippen molar-refractivity contribution in [2.45, 2.75) is 24.8 Å². The summed E-state index contributed by atoms with van der Waals surface area (Å²) in [5.74, 6) is -1.04. The summed E-state index contributed by atoms with van der Waals surface area (Å²) in [5.41, 5.74) is -0.266. The molecule has 2 aromatic rings. The number of carbonyl (C=O) groups excluding carboxylic acids is 2. The minimum absolute atomic E-state index is 0.0879. The van der Waals surface area contributed by atoms with Gasteiger partial charge in [0.05, 0.1) is 16.1 Å². The maximum Gasteiger partial charge on any atom is 0.293 e. The van der Waals surface area contributed by atoms with Gasteiger partial charge < -0.3 is 20.4 Å². The topological polar surface area (TPSA) is 161 Å². The van der Waals surface area contributed by atoms with Crippen LogP contribution in [0.5, 0.6) is 0 Å². The number of carbonyl (C=O) groups is 2. The van der Waals surface area contributed by atoms with Crippen LogP contribution in [0.1, 0.15) is 24.4 Å². The van der Waals surface area contributed by atoms with E-state index in [0.29, 0.717) is 0 Å². The lowest BCUT2D eigenvalue weighted by Gasteiger charge is -2.21. The molecule has 0 fully saturated rings. The minimum Gasteiger partial charge on any atom is -0.459 e. The van der Waals surface area contributed by atoms with Crippen LogP contribution in [-0.2, 0) is 14.6 Å². The zero-order valence-corrected chi connectivity index (χ0v) is 18.1. The lowest BCUT2D eigenvalue weighted by atomic mass is 10.0. The monoisotopic (exact) mass is 452 g/mol. The molecule has 0 saturated heterocycles. The molecule has 1 aromatic carbocycles. The standard InChI is InChI=1S/C19H24N4O7S/c1-12(2)17(22-18(24)16-5-4-10-30-16)19(25)21-9-8-20-14-7-6-13(31(3,28)29)11-15(14)23(26)27/h4-7,10-12,17,20H,8-9H2,1-3H3,(H,21,25)(H,22,24)/t17-/m0/s1. The van der Waals surface area contributed by atoms with E-state index in [0.717, 1.165) is 12.3 Å². The summed E-state index contributed by atoms with van der Waals surface area (Å²) in [5, 5.41) is 19.3. The second-order valence-electron chi connectivity index (χ2n) is 7.10. The first-order valence-corrected chi connectivity index (χ1v) is 11.2. The average molecular weight is 452 g/mol. The zero-order chi connectivity index (χ0) is 23.2. The number of anilines is 1. The second-order valence-corrected chi connectivity index (χ2v) is 9.11. The van der Waals surface area contributed by atoms with Gasteiger partial charge in [-0.2, -0.15) is 0 Å². The van der Waals surface area contributed by atoms with E-state index in [1.807, 2.05) is 0 Å². The molecule has 0 aliphatic carbocycles. The summed E-state index contributed by atoms with van der Waals surface area (Å²) in [6.45, 7) is 3.81. The van der Waals surface area contributed by atoms with Gasteiger partial charge in [-0.1, -0.05) is 13.8 Å². The van der Waals surface area contributed by atoms with Crippen molar-refractivity contribution in [3.8, 4) is 0 Å². The van der Waals surface area contributed by atoms with E-state index in [-0.39, 0.29) is 41.0 Å². The first-order valence-electron chi connectivity index (χ1n) is 9.35. The van der Waals surface area contributed by atoms with Gasteiger partial charge in [0, 0.05) is 25.4 Å². The van der Waals surface area contributed by atoms with E-state index in [1.54, 1.807) is 19.9 Å². The Morgan fingerprint density at radius 3 is 2.45 bits per heavy atom. The summed E-state index contributed by atoms with van der Waals surface area (Å²) >= 11 is 0. The van der Waals surface area contributed by atoms with E-state index in [2.05, 4.69) is 16.0 Å². The molecule has 2 amide bonds. The molecule has 0 radical (unpaired) electrons. The maximum absolute atomic E-state index is 12.5. The van der Waals surface area contributed by atoms with Crippen LogP contribution >= 0.6 is 0 Å². The molecule has 12 heteroatoms. The minimum atomic E-state index is -3.59. The van der Waals surface area contributed by atoms with Gasteiger partial charge in [-0.15, -0.1) is 0 Å². The number of nitrogens with zero attached hydrogens (tertiary/aromatic N) is 1. The molecule has 2 rings (SSSR count). The van der Waals surface area contributed by atoms with Crippen molar-refractivity contribution in [1.82, 2.24) is 10.6 Å². The predicted octanol–water partition coefficient (Wildman–Crippen LogP) is 1.57.